The number of ether oxygens (including phenoxy) is 2. The highest BCUT2D eigenvalue weighted by molar-refractivity contribution is 5.83. The molecule has 2 aromatic carbocycles. The third-order valence-corrected chi connectivity index (χ3v) is 4.15. The van der Waals surface area contributed by atoms with Crippen molar-refractivity contribution in [2.75, 3.05) is 7.11 Å². The van der Waals surface area contributed by atoms with Crippen LogP contribution in [0.2, 0.25) is 0 Å². The highest BCUT2D eigenvalue weighted by Gasteiger charge is 2.14. The van der Waals surface area contributed by atoms with Crippen LogP contribution in [-0.4, -0.2) is 18.2 Å². The minimum atomic E-state index is -1.07. The van der Waals surface area contributed by atoms with Crippen molar-refractivity contribution in [2.24, 2.45) is 0 Å². The molecule has 0 fully saturated rings. The van der Waals surface area contributed by atoms with Crippen molar-refractivity contribution in [3.8, 4) is 11.5 Å². The van der Waals surface area contributed by atoms with Crippen LogP contribution < -0.4 is 15.1 Å². The molecule has 134 valence electrons. The average molecular weight is 354 g/mol. The van der Waals surface area contributed by atoms with Gasteiger partial charge in [0.05, 0.1) is 19.1 Å². The standard InChI is InChI=1S/C20H18O6/c1-12-16-8-7-15(25-11-13-3-5-14(24-2)6-4-13)9-18(16)26-20(23)17(12)10-19(21)22/h3-9H,10-11H2,1-2H3,(H,21,22). The normalized spacial score (nSPS) is 10.7. The largest absolute Gasteiger partial charge is 0.497 e. The summed E-state index contributed by atoms with van der Waals surface area (Å²) in [5, 5.41) is 9.63. The summed E-state index contributed by atoms with van der Waals surface area (Å²) in [5.41, 5.74) is 1.48. The first-order valence-electron chi connectivity index (χ1n) is 8.02. The Labute approximate surface area is 149 Å². The van der Waals surface area contributed by atoms with E-state index in [0.717, 1.165) is 11.3 Å². The lowest BCUT2D eigenvalue weighted by atomic mass is 10.0. The predicted octanol–water partition coefficient (Wildman–Crippen LogP) is 3.32. The molecule has 6 heteroatoms. The predicted molar refractivity (Wildman–Crippen MR) is 95.9 cm³/mol. The fraction of sp³-hybridized carbons (Fsp3) is 0.200. The quantitative estimate of drug-likeness (QED) is 0.684. The summed E-state index contributed by atoms with van der Waals surface area (Å²) in [6, 6.07) is 12.7. The lowest BCUT2D eigenvalue weighted by Crippen LogP contribution is -2.14. The van der Waals surface area contributed by atoms with Crippen molar-refractivity contribution in [1.29, 1.82) is 0 Å². The van der Waals surface area contributed by atoms with Gasteiger partial charge in [-0.05, 0) is 42.3 Å². The second-order valence-electron chi connectivity index (χ2n) is 5.86. The fourth-order valence-electron chi connectivity index (χ4n) is 2.71. The van der Waals surface area contributed by atoms with Crippen LogP contribution >= 0.6 is 0 Å². The highest BCUT2D eigenvalue weighted by Crippen LogP contribution is 2.25. The summed E-state index contributed by atoms with van der Waals surface area (Å²) in [6.45, 7) is 2.07. The van der Waals surface area contributed by atoms with E-state index in [1.807, 2.05) is 24.3 Å². The maximum absolute atomic E-state index is 12.1. The maximum atomic E-state index is 12.1. The first kappa shape index (κ1) is 17.5. The summed E-state index contributed by atoms with van der Waals surface area (Å²) < 4.78 is 16.1. The zero-order chi connectivity index (χ0) is 18.7. The Morgan fingerprint density at radius 3 is 2.46 bits per heavy atom. The summed E-state index contributed by atoms with van der Waals surface area (Å²) in [7, 11) is 1.61. The maximum Gasteiger partial charge on any atom is 0.340 e. The number of hydrogen-bond donors (Lipinski definition) is 1. The van der Waals surface area contributed by atoms with Gasteiger partial charge in [0.2, 0.25) is 0 Å². The van der Waals surface area contributed by atoms with Gasteiger partial charge in [0.1, 0.15) is 23.7 Å². The number of fused-ring (bicyclic) bond motifs is 1. The second kappa shape index (κ2) is 7.31. The molecular formula is C20H18O6. The summed E-state index contributed by atoms with van der Waals surface area (Å²) in [6.07, 6.45) is -0.361. The minimum absolute atomic E-state index is 0.164. The monoisotopic (exact) mass is 354 g/mol. The van der Waals surface area contributed by atoms with Crippen LogP contribution in [0.4, 0.5) is 0 Å². The Balaban J connectivity index is 1.84. The molecule has 6 nitrogen and oxygen atoms in total. The topological polar surface area (TPSA) is 86.0 Å². The number of aliphatic carboxylic acids is 1. The zero-order valence-corrected chi connectivity index (χ0v) is 14.4. The van der Waals surface area contributed by atoms with E-state index < -0.39 is 11.6 Å². The van der Waals surface area contributed by atoms with Crippen LogP contribution in [0, 0.1) is 6.92 Å². The van der Waals surface area contributed by atoms with Crippen molar-refractivity contribution in [2.45, 2.75) is 20.0 Å². The molecule has 0 saturated heterocycles. The molecule has 0 amide bonds. The molecule has 0 saturated carbocycles. The van der Waals surface area contributed by atoms with Crippen molar-refractivity contribution in [3.05, 3.63) is 69.6 Å². The van der Waals surface area contributed by atoms with Crippen LogP contribution in [0.1, 0.15) is 16.7 Å². The lowest BCUT2D eigenvalue weighted by Gasteiger charge is -2.10. The number of carboxylic acids is 1. The van der Waals surface area contributed by atoms with Gasteiger partial charge in [-0.2, -0.15) is 0 Å². The summed E-state index contributed by atoms with van der Waals surface area (Å²) >= 11 is 0. The van der Waals surface area contributed by atoms with E-state index in [1.165, 1.54) is 0 Å². The van der Waals surface area contributed by atoms with Crippen molar-refractivity contribution < 1.29 is 23.8 Å². The van der Waals surface area contributed by atoms with Gasteiger partial charge in [0.15, 0.2) is 0 Å². The molecule has 26 heavy (non-hydrogen) atoms. The molecular weight excluding hydrogens is 336 g/mol. The van der Waals surface area contributed by atoms with E-state index in [1.54, 1.807) is 32.2 Å². The Hall–Kier alpha value is -3.28. The van der Waals surface area contributed by atoms with Gasteiger partial charge in [-0.15, -0.1) is 0 Å². The Kier molecular flexibility index (Phi) is 4.93. The SMILES string of the molecule is COc1ccc(COc2ccc3c(C)c(CC(=O)O)c(=O)oc3c2)cc1. The molecule has 1 N–H and O–H groups in total. The Morgan fingerprint density at radius 2 is 1.81 bits per heavy atom. The van der Waals surface area contributed by atoms with Crippen LogP contribution in [0.3, 0.4) is 0 Å². The zero-order valence-electron chi connectivity index (χ0n) is 14.4. The molecule has 3 rings (SSSR count). The average Bonchev–Trinajstić information content (AvgIpc) is 2.63. The number of rotatable bonds is 6. The van der Waals surface area contributed by atoms with Crippen molar-refractivity contribution in [1.82, 2.24) is 0 Å². The number of aryl methyl sites for hydroxylation is 1. The third kappa shape index (κ3) is 3.69. The molecule has 0 aliphatic heterocycles. The first-order chi connectivity index (χ1) is 12.5. The van der Waals surface area contributed by atoms with Crippen molar-refractivity contribution in [3.63, 3.8) is 0 Å². The third-order valence-electron chi connectivity index (χ3n) is 4.15. The molecule has 0 aliphatic rings. The van der Waals surface area contributed by atoms with E-state index in [2.05, 4.69) is 0 Å². The van der Waals surface area contributed by atoms with Gasteiger partial charge in [-0.3, -0.25) is 4.79 Å². The van der Waals surface area contributed by atoms with E-state index in [4.69, 9.17) is 19.0 Å². The second-order valence-corrected chi connectivity index (χ2v) is 5.86. The number of carbonyl (C=O) groups is 1. The van der Waals surface area contributed by atoms with Crippen LogP contribution in [0.15, 0.2) is 51.7 Å². The van der Waals surface area contributed by atoms with Gasteiger partial charge >= 0.3 is 11.6 Å². The smallest absolute Gasteiger partial charge is 0.340 e. The van der Waals surface area contributed by atoms with Gasteiger partial charge in [-0.25, -0.2) is 4.79 Å². The summed E-state index contributed by atoms with van der Waals surface area (Å²) in [5.74, 6) is 0.259. The van der Waals surface area contributed by atoms with Crippen LogP contribution in [0.25, 0.3) is 11.0 Å². The Morgan fingerprint density at radius 1 is 1.12 bits per heavy atom. The van der Waals surface area contributed by atoms with Gasteiger partial charge in [0.25, 0.3) is 0 Å². The number of benzene rings is 2. The highest BCUT2D eigenvalue weighted by atomic mass is 16.5. The minimum Gasteiger partial charge on any atom is -0.497 e. The Bertz CT molecular complexity index is 1000. The number of methoxy groups -OCH3 is 1. The molecule has 0 spiro atoms. The van der Waals surface area contributed by atoms with Crippen LogP contribution in [-0.2, 0) is 17.8 Å². The van der Waals surface area contributed by atoms with Crippen molar-refractivity contribution >= 4 is 16.9 Å². The van der Waals surface area contributed by atoms with E-state index in [9.17, 15) is 9.59 Å². The molecule has 0 atom stereocenters. The molecule has 3 aromatic rings. The van der Waals surface area contributed by atoms with Gasteiger partial charge < -0.3 is 19.0 Å². The van der Waals surface area contributed by atoms with Gasteiger partial charge in [0, 0.05) is 11.5 Å². The molecule has 0 bridgehead atoms. The van der Waals surface area contributed by atoms with Crippen LogP contribution in [0.5, 0.6) is 11.5 Å². The fourth-order valence-corrected chi connectivity index (χ4v) is 2.71. The first-order valence-corrected chi connectivity index (χ1v) is 8.02. The molecule has 0 unspecified atom stereocenters. The van der Waals surface area contributed by atoms with E-state index in [-0.39, 0.29) is 12.0 Å². The van der Waals surface area contributed by atoms with Gasteiger partial charge in [-0.1, -0.05) is 12.1 Å². The number of carboxylic acid groups (broad SMARTS) is 1. The molecule has 0 radical (unpaired) electrons. The summed E-state index contributed by atoms with van der Waals surface area (Å²) in [4.78, 5) is 23.0. The van der Waals surface area contributed by atoms with E-state index >= 15 is 0 Å². The lowest BCUT2D eigenvalue weighted by molar-refractivity contribution is -0.136. The number of hydrogen-bond acceptors (Lipinski definition) is 5. The molecule has 1 heterocycles. The van der Waals surface area contributed by atoms with E-state index in [0.29, 0.717) is 28.9 Å². The molecule has 1 aromatic heterocycles. The molecule has 0 aliphatic carbocycles.